The van der Waals surface area contributed by atoms with Gasteiger partial charge in [0.1, 0.15) is 11.9 Å². The molecule has 0 fully saturated rings. The third kappa shape index (κ3) is 3.24. The van der Waals surface area contributed by atoms with Gasteiger partial charge in [0.25, 0.3) is 0 Å². The summed E-state index contributed by atoms with van der Waals surface area (Å²) in [6.07, 6.45) is -5.53. The highest BCUT2D eigenvalue weighted by atomic mass is 32.1. The zero-order chi connectivity index (χ0) is 13.2. The predicted octanol–water partition coefficient (Wildman–Crippen LogP) is 3.73. The van der Waals surface area contributed by atoms with Crippen LogP contribution in [0.25, 0.3) is 0 Å². The molecule has 0 bridgehead atoms. The fourth-order valence-electron chi connectivity index (χ4n) is 1.46. The molecule has 1 N–H and O–H groups in total. The van der Waals surface area contributed by atoms with Gasteiger partial charge in [0.15, 0.2) is 0 Å². The average Bonchev–Trinajstić information content (AvgIpc) is 2.80. The number of hydrogen-bond donors (Lipinski definition) is 1. The summed E-state index contributed by atoms with van der Waals surface area (Å²) in [4.78, 5) is 0.736. The molecule has 1 atom stereocenters. The number of ether oxygens (including phenoxy) is 1. The lowest BCUT2D eigenvalue weighted by atomic mass is 10.1. The SMILES string of the molecule is OC(c1ccc(OC(F)(F)F)cc1)c1cccs1. The first-order chi connectivity index (χ1) is 8.46. The highest BCUT2D eigenvalue weighted by molar-refractivity contribution is 7.10. The zero-order valence-corrected chi connectivity index (χ0v) is 9.83. The number of aliphatic hydroxyl groups is 1. The van der Waals surface area contributed by atoms with Gasteiger partial charge in [0, 0.05) is 4.88 Å². The Hall–Kier alpha value is -1.53. The van der Waals surface area contributed by atoms with Crippen LogP contribution in [-0.2, 0) is 0 Å². The van der Waals surface area contributed by atoms with Crippen molar-refractivity contribution in [2.24, 2.45) is 0 Å². The molecule has 1 aromatic carbocycles. The molecule has 0 aliphatic rings. The summed E-state index contributed by atoms with van der Waals surface area (Å²) < 4.78 is 39.6. The summed E-state index contributed by atoms with van der Waals surface area (Å²) in [5, 5.41) is 11.8. The largest absolute Gasteiger partial charge is 0.573 e. The van der Waals surface area contributed by atoms with E-state index in [0.717, 1.165) is 4.88 Å². The van der Waals surface area contributed by atoms with E-state index in [2.05, 4.69) is 4.74 Å². The van der Waals surface area contributed by atoms with Gasteiger partial charge in [-0.1, -0.05) is 18.2 Å². The summed E-state index contributed by atoms with van der Waals surface area (Å²) in [5.74, 6) is -0.301. The topological polar surface area (TPSA) is 29.5 Å². The van der Waals surface area contributed by atoms with E-state index in [1.165, 1.54) is 35.6 Å². The van der Waals surface area contributed by atoms with Crippen LogP contribution in [0, 0.1) is 0 Å². The van der Waals surface area contributed by atoms with E-state index < -0.39 is 12.5 Å². The highest BCUT2D eigenvalue weighted by Gasteiger charge is 2.31. The molecular formula is C12H9F3O2S. The number of rotatable bonds is 3. The maximum atomic E-state index is 12.0. The van der Waals surface area contributed by atoms with E-state index in [-0.39, 0.29) is 5.75 Å². The molecule has 0 amide bonds. The van der Waals surface area contributed by atoms with Crippen molar-refractivity contribution in [3.05, 3.63) is 52.2 Å². The van der Waals surface area contributed by atoms with Gasteiger partial charge in [-0.05, 0) is 29.1 Å². The normalized spacial score (nSPS) is 13.3. The first-order valence-corrected chi connectivity index (χ1v) is 5.91. The molecule has 1 heterocycles. The van der Waals surface area contributed by atoms with Gasteiger partial charge >= 0.3 is 6.36 Å². The van der Waals surface area contributed by atoms with Gasteiger partial charge in [-0.3, -0.25) is 0 Å². The number of aliphatic hydroxyl groups excluding tert-OH is 1. The molecular weight excluding hydrogens is 265 g/mol. The van der Waals surface area contributed by atoms with E-state index in [9.17, 15) is 18.3 Å². The minimum absolute atomic E-state index is 0.301. The van der Waals surface area contributed by atoms with E-state index in [4.69, 9.17) is 0 Å². The molecule has 2 nitrogen and oxygen atoms in total. The Morgan fingerprint density at radius 3 is 2.28 bits per heavy atom. The van der Waals surface area contributed by atoms with Crippen molar-refractivity contribution in [2.75, 3.05) is 0 Å². The van der Waals surface area contributed by atoms with Crippen LogP contribution in [0.2, 0.25) is 0 Å². The Morgan fingerprint density at radius 1 is 1.11 bits per heavy atom. The van der Waals surface area contributed by atoms with Crippen LogP contribution in [0.3, 0.4) is 0 Å². The van der Waals surface area contributed by atoms with Crippen LogP contribution in [0.5, 0.6) is 5.75 Å². The van der Waals surface area contributed by atoms with Crippen LogP contribution in [0.4, 0.5) is 13.2 Å². The Labute approximate surface area is 105 Å². The Morgan fingerprint density at radius 2 is 1.78 bits per heavy atom. The lowest BCUT2D eigenvalue weighted by Gasteiger charge is -2.11. The third-order valence-electron chi connectivity index (χ3n) is 2.24. The van der Waals surface area contributed by atoms with Crippen LogP contribution >= 0.6 is 11.3 Å². The molecule has 0 aliphatic heterocycles. The highest BCUT2D eigenvalue weighted by Crippen LogP contribution is 2.28. The molecule has 0 spiro atoms. The van der Waals surface area contributed by atoms with Crippen molar-refractivity contribution in [1.29, 1.82) is 0 Å². The summed E-state index contributed by atoms with van der Waals surface area (Å²) >= 11 is 1.38. The fraction of sp³-hybridized carbons (Fsp3) is 0.167. The molecule has 1 aromatic heterocycles. The first kappa shape index (κ1) is 12.9. The number of halogens is 3. The molecule has 96 valence electrons. The van der Waals surface area contributed by atoms with Crippen molar-refractivity contribution in [3.8, 4) is 5.75 Å². The van der Waals surface area contributed by atoms with Crippen molar-refractivity contribution in [1.82, 2.24) is 0 Å². The monoisotopic (exact) mass is 274 g/mol. The number of hydrogen-bond acceptors (Lipinski definition) is 3. The maximum absolute atomic E-state index is 12.0. The van der Waals surface area contributed by atoms with E-state index in [0.29, 0.717) is 5.56 Å². The minimum atomic E-state index is -4.70. The molecule has 18 heavy (non-hydrogen) atoms. The average molecular weight is 274 g/mol. The predicted molar refractivity (Wildman–Crippen MR) is 61.5 cm³/mol. The van der Waals surface area contributed by atoms with E-state index in [1.807, 2.05) is 5.38 Å². The van der Waals surface area contributed by atoms with Gasteiger partial charge in [-0.15, -0.1) is 24.5 Å². The third-order valence-corrected chi connectivity index (χ3v) is 3.17. The standard InChI is InChI=1S/C12H9F3O2S/c13-12(14,15)17-9-5-3-8(4-6-9)11(16)10-2-1-7-18-10/h1-7,11,16H. The molecule has 2 rings (SSSR count). The molecule has 0 aliphatic carbocycles. The zero-order valence-electron chi connectivity index (χ0n) is 9.02. The first-order valence-electron chi connectivity index (χ1n) is 5.03. The molecule has 0 radical (unpaired) electrons. The summed E-state index contributed by atoms with van der Waals surface area (Å²) in [6, 6.07) is 8.73. The Bertz CT molecular complexity index is 491. The van der Waals surface area contributed by atoms with Crippen molar-refractivity contribution < 1.29 is 23.0 Å². The van der Waals surface area contributed by atoms with Gasteiger partial charge in [-0.25, -0.2) is 0 Å². The number of thiophene rings is 1. The van der Waals surface area contributed by atoms with Gasteiger partial charge < -0.3 is 9.84 Å². The lowest BCUT2D eigenvalue weighted by molar-refractivity contribution is -0.274. The quantitative estimate of drug-likeness (QED) is 0.924. The van der Waals surface area contributed by atoms with Crippen molar-refractivity contribution in [3.63, 3.8) is 0 Å². The van der Waals surface area contributed by atoms with Gasteiger partial charge in [-0.2, -0.15) is 0 Å². The lowest BCUT2D eigenvalue weighted by Crippen LogP contribution is -2.17. The summed E-state index contributed by atoms with van der Waals surface area (Å²) in [7, 11) is 0. The smallest absolute Gasteiger partial charge is 0.406 e. The summed E-state index contributed by atoms with van der Waals surface area (Å²) in [6.45, 7) is 0. The van der Waals surface area contributed by atoms with E-state index in [1.54, 1.807) is 12.1 Å². The van der Waals surface area contributed by atoms with Crippen molar-refractivity contribution in [2.45, 2.75) is 12.5 Å². The number of benzene rings is 1. The second-order valence-corrected chi connectivity index (χ2v) is 4.51. The molecule has 0 saturated heterocycles. The fourth-order valence-corrected chi connectivity index (χ4v) is 2.20. The molecule has 6 heteroatoms. The molecule has 2 aromatic rings. The molecule has 1 unspecified atom stereocenters. The second-order valence-electron chi connectivity index (χ2n) is 3.53. The van der Waals surface area contributed by atoms with Gasteiger partial charge in [0.05, 0.1) is 0 Å². The number of alkyl halides is 3. The van der Waals surface area contributed by atoms with Gasteiger partial charge in [0.2, 0.25) is 0 Å². The van der Waals surface area contributed by atoms with Crippen molar-refractivity contribution >= 4 is 11.3 Å². The Balaban J connectivity index is 2.13. The van der Waals surface area contributed by atoms with Crippen LogP contribution in [-0.4, -0.2) is 11.5 Å². The molecule has 0 saturated carbocycles. The minimum Gasteiger partial charge on any atom is -0.406 e. The van der Waals surface area contributed by atoms with E-state index >= 15 is 0 Å². The van der Waals surface area contributed by atoms with Crippen LogP contribution < -0.4 is 4.74 Å². The second kappa shape index (κ2) is 4.99. The maximum Gasteiger partial charge on any atom is 0.573 e. The Kier molecular flexibility index (Phi) is 3.58. The van der Waals surface area contributed by atoms with Crippen LogP contribution in [0.15, 0.2) is 41.8 Å². The summed E-state index contributed by atoms with van der Waals surface area (Å²) in [5.41, 5.74) is 0.520. The van der Waals surface area contributed by atoms with Crippen LogP contribution in [0.1, 0.15) is 16.5 Å².